The van der Waals surface area contributed by atoms with Crippen molar-refractivity contribution < 1.29 is 0 Å². The Morgan fingerprint density at radius 1 is 0.800 bits per heavy atom. The van der Waals surface area contributed by atoms with E-state index in [1.165, 1.54) is 5.56 Å². The maximum absolute atomic E-state index is 4.93. The van der Waals surface area contributed by atoms with Gasteiger partial charge >= 0.3 is 0 Å². The normalized spacial score (nSPS) is 11.6. The predicted octanol–water partition coefficient (Wildman–Crippen LogP) is 5.55. The molecule has 0 spiro atoms. The average Bonchev–Trinajstić information content (AvgIpc) is 2.93. The second-order valence-electron chi connectivity index (χ2n) is 6.12. The fourth-order valence-corrected chi connectivity index (χ4v) is 3.69. The van der Waals surface area contributed by atoms with E-state index in [4.69, 9.17) is 9.97 Å². The van der Waals surface area contributed by atoms with Gasteiger partial charge in [-0.2, -0.15) is 0 Å². The molecule has 0 amide bonds. The molecule has 5 rings (SSSR count). The Morgan fingerprint density at radius 3 is 2.32 bits per heavy atom. The zero-order chi connectivity index (χ0) is 16.8. The molecule has 2 aromatic heterocycles. The van der Waals surface area contributed by atoms with Crippen molar-refractivity contribution in [1.29, 1.82) is 0 Å². The Kier molecular flexibility index (Phi) is 3.31. The van der Waals surface area contributed by atoms with E-state index in [1.54, 1.807) is 0 Å². The molecule has 3 nitrogen and oxygen atoms in total. The lowest BCUT2D eigenvalue weighted by atomic mass is 10.2. The van der Waals surface area contributed by atoms with Gasteiger partial charge in [0.05, 0.1) is 16.6 Å². The van der Waals surface area contributed by atoms with Crippen LogP contribution < -0.4 is 0 Å². The Balaban J connectivity index is 1.88. The van der Waals surface area contributed by atoms with Gasteiger partial charge in [-0.3, -0.25) is 0 Å². The van der Waals surface area contributed by atoms with Crippen LogP contribution in [0.25, 0.3) is 33.1 Å². The smallest absolute Gasteiger partial charge is 0.160 e. The number of nitrogens with zero attached hydrogens (tertiary/aromatic N) is 3. The lowest BCUT2D eigenvalue weighted by Crippen LogP contribution is -2.01. The number of hydrogen-bond acceptors (Lipinski definition) is 2. The maximum atomic E-state index is 4.93. The quantitative estimate of drug-likeness (QED) is 0.397. The van der Waals surface area contributed by atoms with E-state index in [1.807, 2.05) is 30.3 Å². The summed E-state index contributed by atoms with van der Waals surface area (Å²) in [4.78, 5) is 9.83. The molecule has 0 atom stereocenters. The number of fused-ring (bicyclic) bond motifs is 4. The summed E-state index contributed by atoms with van der Waals surface area (Å²) in [5.41, 5.74) is 6.12. The van der Waals surface area contributed by atoms with Gasteiger partial charge in [-0.15, -0.1) is 0 Å². The number of benzene rings is 3. The summed E-state index contributed by atoms with van der Waals surface area (Å²) >= 11 is 3.59. The zero-order valence-electron chi connectivity index (χ0n) is 13.4. The minimum absolute atomic E-state index is 0.773. The van der Waals surface area contributed by atoms with E-state index >= 15 is 0 Å². The highest BCUT2D eigenvalue weighted by atomic mass is 79.9. The fourth-order valence-electron chi connectivity index (χ4n) is 3.33. The van der Waals surface area contributed by atoms with Gasteiger partial charge < -0.3 is 4.57 Å². The summed E-state index contributed by atoms with van der Waals surface area (Å²) in [6.45, 7) is 0.773. The minimum Gasteiger partial charge on any atom is -0.319 e. The molecule has 0 aliphatic heterocycles. The van der Waals surface area contributed by atoms with Crippen molar-refractivity contribution in [3.8, 4) is 0 Å². The molecular formula is C21H14BrN3. The first kappa shape index (κ1) is 14.6. The van der Waals surface area contributed by atoms with E-state index < -0.39 is 0 Å². The highest BCUT2D eigenvalue weighted by Crippen LogP contribution is 2.31. The first-order valence-corrected chi connectivity index (χ1v) is 8.97. The van der Waals surface area contributed by atoms with E-state index in [9.17, 15) is 0 Å². The van der Waals surface area contributed by atoms with E-state index in [-0.39, 0.29) is 0 Å². The standard InChI is InChI=1S/C21H14BrN3/c22-15-10-11-19-16(12-15)20-21(24-18-9-5-4-8-17(18)23-20)25(19)13-14-6-2-1-3-7-14/h1-12H,13H2. The molecular weight excluding hydrogens is 374 g/mol. The van der Waals surface area contributed by atoms with Crippen LogP contribution in [0.5, 0.6) is 0 Å². The van der Waals surface area contributed by atoms with Crippen LogP contribution in [-0.2, 0) is 6.54 Å². The van der Waals surface area contributed by atoms with Gasteiger partial charge in [-0.05, 0) is 35.9 Å². The third kappa shape index (κ3) is 2.41. The van der Waals surface area contributed by atoms with Crippen LogP contribution in [-0.4, -0.2) is 14.5 Å². The largest absolute Gasteiger partial charge is 0.319 e. The lowest BCUT2D eigenvalue weighted by Gasteiger charge is -2.07. The van der Waals surface area contributed by atoms with Crippen LogP contribution in [0.1, 0.15) is 5.56 Å². The molecule has 25 heavy (non-hydrogen) atoms. The first-order valence-electron chi connectivity index (χ1n) is 8.18. The minimum atomic E-state index is 0.773. The van der Waals surface area contributed by atoms with Crippen molar-refractivity contribution in [2.75, 3.05) is 0 Å². The molecule has 0 saturated carbocycles. The molecule has 120 valence electrons. The van der Waals surface area contributed by atoms with E-state index in [2.05, 4.69) is 63.0 Å². The maximum Gasteiger partial charge on any atom is 0.160 e. The fraction of sp³-hybridized carbons (Fsp3) is 0.0476. The van der Waals surface area contributed by atoms with Gasteiger partial charge in [-0.1, -0.05) is 58.4 Å². The Bertz CT molecular complexity index is 1230. The summed E-state index contributed by atoms with van der Waals surface area (Å²) < 4.78 is 3.31. The van der Waals surface area contributed by atoms with Gasteiger partial charge in [0.15, 0.2) is 5.65 Å². The lowest BCUT2D eigenvalue weighted by molar-refractivity contribution is 0.857. The summed E-state index contributed by atoms with van der Waals surface area (Å²) in [7, 11) is 0. The highest BCUT2D eigenvalue weighted by molar-refractivity contribution is 9.10. The van der Waals surface area contributed by atoms with Gasteiger partial charge in [0.2, 0.25) is 0 Å². The van der Waals surface area contributed by atoms with Gasteiger partial charge in [0.25, 0.3) is 0 Å². The molecule has 5 aromatic rings. The monoisotopic (exact) mass is 387 g/mol. The van der Waals surface area contributed by atoms with Gasteiger partial charge in [0, 0.05) is 16.4 Å². The number of para-hydroxylation sites is 2. The zero-order valence-corrected chi connectivity index (χ0v) is 14.9. The van der Waals surface area contributed by atoms with Crippen LogP contribution >= 0.6 is 15.9 Å². The van der Waals surface area contributed by atoms with Gasteiger partial charge in [-0.25, -0.2) is 9.97 Å². The van der Waals surface area contributed by atoms with Crippen molar-refractivity contribution in [3.05, 3.63) is 82.8 Å². The SMILES string of the molecule is Brc1ccc2c(c1)c1nc3ccccc3nc1n2Cc1ccccc1. The molecule has 0 fully saturated rings. The van der Waals surface area contributed by atoms with Crippen LogP contribution in [0.4, 0.5) is 0 Å². The number of rotatable bonds is 2. The van der Waals surface area contributed by atoms with E-state index in [0.29, 0.717) is 0 Å². The molecule has 0 aliphatic carbocycles. The molecule has 3 aromatic carbocycles. The van der Waals surface area contributed by atoms with Crippen LogP contribution in [0, 0.1) is 0 Å². The number of halogens is 1. The molecule has 2 heterocycles. The van der Waals surface area contributed by atoms with Crippen molar-refractivity contribution in [2.24, 2.45) is 0 Å². The summed E-state index contributed by atoms with van der Waals surface area (Å²) in [6, 6.07) is 24.8. The molecule has 0 aliphatic rings. The van der Waals surface area contributed by atoms with E-state index in [0.717, 1.165) is 44.1 Å². The topological polar surface area (TPSA) is 30.7 Å². The molecule has 0 radical (unpaired) electrons. The summed E-state index contributed by atoms with van der Waals surface area (Å²) in [6.07, 6.45) is 0. The Morgan fingerprint density at radius 2 is 1.52 bits per heavy atom. The van der Waals surface area contributed by atoms with Crippen molar-refractivity contribution in [2.45, 2.75) is 6.54 Å². The Hall–Kier alpha value is -2.72. The molecule has 0 bridgehead atoms. The van der Waals surface area contributed by atoms with Crippen molar-refractivity contribution in [3.63, 3.8) is 0 Å². The number of hydrogen-bond donors (Lipinski definition) is 0. The first-order chi connectivity index (χ1) is 12.3. The number of aromatic nitrogens is 3. The predicted molar refractivity (Wildman–Crippen MR) is 106 cm³/mol. The second-order valence-corrected chi connectivity index (χ2v) is 7.03. The van der Waals surface area contributed by atoms with Gasteiger partial charge in [0.1, 0.15) is 5.52 Å². The second kappa shape index (κ2) is 5.67. The third-order valence-corrected chi connectivity index (χ3v) is 4.99. The third-order valence-electron chi connectivity index (χ3n) is 4.50. The summed E-state index contributed by atoms with van der Waals surface area (Å²) in [5.74, 6) is 0. The average molecular weight is 388 g/mol. The summed E-state index contributed by atoms with van der Waals surface area (Å²) in [5, 5.41) is 1.12. The van der Waals surface area contributed by atoms with Crippen LogP contribution in [0.3, 0.4) is 0 Å². The van der Waals surface area contributed by atoms with Crippen molar-refractivity contribution >= 4 is 49.0 Å². The molecule has 4 heteroatoms. The van der Waals surface area contributed by atoms with Crippen molar-refractivity contribution in [1.82, 2.24) is 14.5 Å². The molecule has 0 N–H and O–H groups in total. The van der Waals surface area contributed by atoms with Crippen LogP contribution in [0.2, 0.25) is 0 Å². The highest BCUT2D eigenvalue weighted by Gasteiger charge is 2.15. The van der Waals surface area contributed by atoms with Crippen LogP contribution in [0.15, 0.2) is 77.3 Å². The molecule has 0 unspecified atom stereocenters. The molecule has 0 saturated heterocycles. The Labute approximate surface area is 153 Å².